The van der Waals surface area contributed by atoms with Crippen LogP contribution < -0.4 is 10.0 Å². The van der Waals surface area contributed by atoms with Crippen molar-refractivity contribution >= 4 is 10.0 Å². The zero-order chi connectivity index (χ0) is 12.3. The minimum atomic E-state index is -3.12. The third kappa shape index (κ3) is 3.66. The second kappa shape index (κ2) is 5.67. The third-order valence-electron chi connectivity index (χ3n) is 4.02. The molecule has 1 heterocycles. The molecular weight excluding hydrogens is 236 g/mol. The minimum Gasteiger partial charge on any atom is -0.301 e. The van der Waals surface area contributed by atoms with Crippen molar-refractivity contribution in [3.63, 3.8) is 0 Å². The summed E-state index contributed by atoms with van der Waals surface area (Å²) in [6.07, 6.45) is 6.89. The van der Waals surface area contributed by atoms with E-state index in [9.17, 15) is 8.42 Å². The monoisotopic (exact) mass is 260 g/mol. The lowest BCUT2D eigenvalue weighted by atomic mass is 9.91. The van der Waals surface area contributed by atoms with Crippen LogP contribution in [0.4, 0.5) is 0 Å². The summed E-state index contributed by atoms with van der Waals surface area (Å²) in [4.78, 5) is 0. The molecule has 1 saturated carbocycles. The van der Waals surface area contributed by atoms with Gasteiger partial charge in [-0.05, 0) is 57.4 Å². The molecule has 2 rings (SSSR count). The molecular formula is C12H24N2O2S. The standard InChI is InChI=1S/C12H24N2O2S/c1-10-5-7-11(8-6-10)17(15,16)14-12-4-2-3-9-13-12/h10-14H,2-9H2,1H3. The summed E-state index contributed by atoms with van der Waals surface area (Å²) in [7, 11) is -3.12. The van der Waals surface area contributed by atoms with E-state index in [4.69, 9.17) is 0 Å². The largest absolute Gasteiger partial charge is 0.301 e. The first-order valence-corrected chi connectivity index (χ1v) is 8.37. The summed E-state index contributed by atoms with van der Waals surface area (Å²) >= 11 is 0. The number of hydrogen-bond acceptors (Lipinski definition) is 3. The van der Waals surface area contributed by atoms with E-state index in [2.05, 4.69) is 17.0 Å². The van der Waals surface area contributed by atoms with E-state index in [0.29, 0.717) is 5.92 Å². The van der Waals surface area contributed by atoms with E-state index in [1.54, 1.807) is 0 Å². The van der Waals surface area contributed by atoms with E-state index < -0.39 is 10.0 Å². The van der Waals surface area contributed by atoms with Gasteiger partial charge in [-0.25, -0.2) is 8.42 Å². The number of sulfonamides is 1. The Labute approximate surface area is 105 Å². The molecule has 0 aromatic carbocycles. The van der Waals surface area contributed by atoms with Crippen LogP contribution in [-0.2, 0) is 10.0 Å². The van der Waals surface area contributed by atoms with Crippen LogP contribution in [0.5, 0.6) is 0 Å². The molecule has 2 fully saturated rings. The first kappa shape index (κ1) is 13.3. The molecule has 17 heavy (non-hydrogen) atoms. The van der Waals surface area contributed by atoms with Crippen LogP contribution in [0, 0.1) is 5.92 Å². The van der Waals surface area contributed by atoms with Crippen molar-refractivity contribution in [1.29, 1.82) is 0 Å². The van der Waals surface area contributed by atoms with Gasteiger partial charge in [0.05, 0.1) is 11.4 Å². The summed E-state index contributed by atoms with van der Waals surface area (Å²) in [5, 5.41) is 3.07. The predicted octanol–water partition coefficient (Wildman–Crippen LogP) is 1.58. The predicted molar refractivity (Wildman–Crippen MR) is 69.1 cm³/mol. The van der Waals surface area contributed by atoms with Crippen LogP contribution in [0.2, 0.25) is 0 Å². The zero-order valence-electron chi connectivity index (χ0n) is 10.6. The summed E-state index contributed by atoms with van der Waals surface area (Å²) in [6.45, 7) is 3.13. The highest BCUT2D eigenvalue weighted by atomic mass is 32.2. The summed E-state index contributed by atoms with van der Waals surface area (Å²) < 4.78 is 27.3. The van der Waals surface area contributed by atoms with Gasteiger partial charge in [0.25, 0.3) is 0 Å². The molecule has 0 bridgehead atoms. The van der Waals surface area contributed by atoms with Crippen LogP contribution >= 0.6 is 0 Å². The van der Waals surface area contributed by atoms with Gasteiger partial charge < -0.3 is 5.32 Å². The van der Waals surface area contributed by atoms with E-state index in [-0.39, 0.29) is 11.4 Å². The Morgan fingerprint density at radius 1 is 1.06 bits per heavy atom. The molecule has 2 N–H and O–H groups in total. The Morgan fingerprint density at radius 3 is 2.35 bits per heavy atom. The number of hydrogen-bond donors (Lipinski definition) is 2. The van der Waals surface area contributed by atoms with Gasteiger partial charge in [0.2, 0.25) is 10.0 Å². The molecule has 1 atom stereocenters. The number of nitrogens with one attached hydrogen (secondary N) is 2. The molecule has 0 aromatic heterocycles. The molecule has 0 radical (unpaired) electrons. The second-order valence-electron chi connectivity index (χ2n) is 5.55. The van der Waals surface area contributed by atoms with Crippen molar-refractivity contribution in [2.24, 2.45) is 5.92 Å². The van der Waals surface area contributed by atoms with Gasteiger partial charge in [0.1, 0.15) is 0 Å². The molecule has 5 heteroatoms. The fourth-order valence-corrected chi connectivity index (χ4v) is 4.47. The molecule has 0 amide bonds. The summed E-state index contributed by atoms with van der Waals surface area (Å²) in [5.74, 6) is 0.689. The van der Waals surface area contributed by atoms with Crippen molar-refractivity contribution in [2.45, 2.75) is 63.3 Å². The normalized spacial score (nSPS) is 35.7. The van der Waals surface area contributed by atoms with Gasteiger partial charge >= 0.3 is 0 Å². The molecule has 1 aliphatic heterocycles. The molecule has 0 aromatic rings. The number of rotatable bonds is 3. The smallest absolute Gasteiger partial charge is 0.215 e. The molecule has 1 saturated heterocycles. The quantitative estimate of drug-likeness (QED) is 0.810. The Morgan fingerprint density at radius 2 is 1.76 bits per heavy atom. The van der Waals surface area contributed by atoms with E-state index in [1.807, 2.05) is 0 Å². The maximum atomic E-state index is 12.2. The molecule has 1 aliphatic carbocycles. The molecule has 2 aliphatic rings. The second-order valence-corrected chi connectivity index (χ2v) is 7.54. The highest BCUT2D eigenvalue weighted by Crippen LogP contribution is 2.27. The Bertz CT molecular complexity index is 328. The number of piperidine rings is 1. The fraction of sp³-hybridized carbons (Fsp3) is 1.00. The van der Waals surface area contributed by atoms with Crippen LogP contribution in [0.3, 0.4) is 0 Å². The van der Waals surface area contributed by atoms with Gasteiger partial charge in [-0.2, -0.15) is 4.72 Å². The van der Waals surface area contributed by atoms with Crippen molar-refractivity contribution in [3.05, 3.63) is 0 Å². The highest BCUT2D eigenvalue weighted by molar-refractivity contribution is 7.90. The van der Waals surface area contributed by atoms with Crippen LogP contribution in [0.25, 0.3) is 0 Å². The topological polar surface area (TPSA) is 58.2 Å². The summed E-state index contributed by atoms with van der Waals surface area (Å²) in [6, 6.07) is 0. The molecule has 0 spiro atoms. The van der Waals surface area contributed by atoms with Crippen LogP contribution in [0.1, 0.15) is 51.9 Å². The average Bonchev–Trinajstić information content (AvgIpc) is 2.30. The third-order valence-corrected chi connectivity index (χ3v) is 5.98. The van der Waals surface area contributed by atoms with Crippen molar-refractivity contribution in [1.82, 2.24) is 10.0 Å². The highest BCUT2D eigenvalue weighted by Gasteiger charge is 2.31. The van der Waals surface area contributed by atoms with Gasteiger partial charge in [-0.1, -0.05) is 6.92 Å². The lowest BCUT2D eigenvalue weighted by Crippen LogP contribution is -2.50. The van der Waals surface area contributed by atoms with Crippen LogP contribution in [-0.4, -0.2) is 26.4 Å². The Balaban J connectivity index is 1.89. The van der Waals surface area contributed by atoms with E-state index in [0.717, 1.165) is 51.5 Å². The van der Waals surface area contributed by atoms with Gasteiger partial charge in [-0.15, -0.1) is 0 Å². The minimum absolute atomic E-state index is 0.0342. The van der Waals surface area contributed by atoms with Gasteiger partial charge in [-0.3, -0.25) is 0 Å². The first-order valence-electron chi connectivity index (χ1n) is 6.82. The first-order chi connectivity index (χ1) is 8.08. The SMILES string of the molecule is CC1CCC(S(=O)(=O)NC2CCCCN2)CC1. The molecule has 100 valence electrons. The molecule has 1 unspecified atom stereocenters. The average molecular weight is 260 g/mol. The maximum Gasteiger partial charge on any atom is 0.215 e. The zero-order valence-corrected chi connectivity index (χ0v) is 11.4. The van der Waals surface area contributed by atoms with E-state index >= 15 is 0 Å². The van der Waals surface area contributed by atoms with E-state index in [1.165, 1.54) is 0 Å². The van der Waals surface area contributed by atoms with Gasteiger partial charge in [0.15, 0.2) is 0 Å². The Kier molecular flexibility index (Phi) is 4.44. The van der Waals surface area contributed by atoms with Crippen molar-refractivity contribution in [3.8, 4) is 0 Å². The fourth-order valence-electron chi connectivity index (χ4n) is 2.79. The lowest BCUT2D eigenvalue weighted by molar-refractivity contribution is 0.361. The van der Waals surface area contributed by atoms with Crippen molar-refractivity contribution < 1.29 is 8.42 Å². The molecule has 4 nitrogen and oxygen atoms in total. The van der Waals surface area contributed by atoms with Crippen LogP contribution in [0.15, 0.2) is 0 Å². The maximum absolute atomic E-state index is 12.2. The Hall–Kier alpha value is -0.130. The van der Waals surface area contributed by atoms with Crippen molar-refractivity contribution in [2.75, 3.05) is 6.54 Å². The summed E-state index contributed by atoms with van der Waals surface area (Å²) in [5.41, 5.74) is 0. The van der Waals surface area contributed by atoms with Gasteiger partial charge in [0, 0.05) is 0 Å². The lowest BCUT2D eigenvalue weighted by Gasteiger charge is -2.30.